The van der Waals surface area contributed by atoms with Crippen LogP contribution in [0.1, 0.15) is 44.7 Å². The van der Waals surface area contributed by atoms with E-state index in [1.807, 2.05) is 16.7 Å². The molecule has 0 spiro atoms. The number of hydrogen-bond donors (Lipinski definition) is 2. The SMILES string of the molecule is COC(=O)c1ccc(-n2cnc3c(NCCC(F)(F)F)cc(Br)cc32)cc1C.COC(=O)c1ccc(-n2cnc3c(NCCC(F)(F)F)cc(Oc4cccc(F)c4OC)cc32)cc1C. The van der Waals surface area contributed by atoms with Crippen molar-refractivity contribution < 1.29 is 59.3 Å². The topological polar surface area (TPSA) is 131 Å². The van der Waals surface area contributed by atoms with E-state index >= 15 is 0 Å². The van der Waals surface area contributed by atoms with Crippen LogP contribution < -0.4 is 20.1 Å². The Morgan fingerprint density at radius 1 is 0.677 bits per heavy atom. The number of methoxy groups -OCH3 is 3. The fourth-order valence-corrected chi connectivity index (χ4v) is 7.20. The van der Waals surface area contributed by atoms with Gasteiger partial charge in [0.2, 0.25) is 0 Å². The Hall–Kier alpha value is -6.83. The first kappa shape index (κ1) is 47.6. The molecule has 0 atom stereocenters. The Kier molecular flexibility index (Phi) is 14.6. The highest BCUT2D eigenvalue weighted by atomic mass is 79.9. The summed E-state index contributed by atoms with van der Waals surface area (Å²) in [5.74, 6) is -1.33. The van der Waals surface area contributed by atoms with Gasteiger partial charge in [0.05, 0.1) is 67.7 Å². The van der Waals surface area contributed by atoms with E-state index < -0.39 is 43.0 Å². The van der Waals surface area contributed by atoms with E-state index in [2.05, 4.69) is 36.5 Å². The van der Waals surface area contributed by atoms with Gasteiger partial charge in [-0.1, -0.05) is 22.0 Å². The lowest BCUT2D eigenvalue weighted by atomic mass is 10.1. The van der Waals surface area contributed by atoms with Gasteiger partial charge in [-0.3, -0.25) is 9.13 Å². The second-order valence-corrected chi connectivity index (χ2v) is 15.2. The number of carbonyl (C=O) groups excluding carboxylic acids is 2. The van der Waals surface area contributed by atoms with Crippen LogP contribution in [-0.4, -0.2) is 77.8 Å². The fourth-order valence-electron chi connectivity index (χ4n) is 6.76. The molecule has 0 saturated carbocycles. The molecule has 2 N–H and O–H groups in total. The van der Waals surface area contributed by atoms with Crippen molar-refractivity contribution in [2.45, 2.75) is 39.0 Å². The third-order valence-corrected chi connectivity index (χ3v) is 10.3. The molecule has 20 heteroatoms. The minimum atomic E-state index is -4.34. The second-order valence-electron chi connectivity index (χ2n) is 14.3. The number of carbonyl (C=O) groups is 2. The Morgan fingerprint density at radius 2 is 1.17 bits per heavy atom. The third-order valence-electron chi connectivity index (χ3n) is 9.84. The lowest BCUT2D eigenvalue weighted by Gasteiger charge is -2.15. The predicted molar refractivity (Wildman–Crippen MR) is 233 cm³/mol. The molecule has 7 aromatic rings. The van der Waals surface area contributed by atoms with Crippen molar-refractivity contribution in [2.24, 2.45) is 0 Å². The first-order chi connectivity index (χ1) is 30.8. The maximum Gasteiger partial charge on any atom is 0.390 e. The van der Waals surface area contributed by atoms with Gasteiger partial charge in [-0.25, -0.2) is 23.9 Å². The number of para-hydroxylation sites is 1. The number of imidazole rings is 2. The van der Waals surface area contributed by atoms with Crippen LogP contribution in [0.25, 0.3) is 33.4 Å². The van der Waals surface area contributed by atoms with Crippen molar-refractivity contribution in [3.63, 3.8) is 0 Å². The number of nitrogens with one attached hydrogen (secondary N) is 2. The van der Waals surface area contributed by atoms with Crippen molar-refractivity contribution in [1.82, 2.24) is 19.1 Å². The van der Waals surface area contributed by atoms with Gasteiger partial charge >= 0.3 is 24.3 Å². The first-order valence-electron chi connectivity index (χ1n) is 19.5. The van der Waals surface area contributed by atoms with E-state index in [0.29, 0.717) is 60.3 Å². The number of hydrogen-bond acceptors (Lipinski definition) is 10. The molecule has 0 bridgehead atoms. The van der Waals surface area contributed by atoms with E-state index in [4.69, 9.17) is 18.9 Å². The van der Waals surface area contributed by atoms with Crippen LogP contribution in [0.3, 0.4) is 0 Å². The molecule has 5 aromatic carbocycles. The number of halogens is 8. The van der Waals surface area contributed by atoms with Crippen molar-refractivity contribution in [1.29, 1.82) is 0 Å². The molecular formula is C45H40BrF7N6O6. The average Bonchev–Trinajstić information content (AvgIpc) is 3.87. The number of benzene rings is 5. The van der Waals surface area contributed by atoms with Gasteiger partial charge in [-0.05, 0) is 85.6 Å². The standard InChI is InChI=1S/C26H23F4N3O4.C19H17BrF3N3O2/c1-15-11-16(7-8-18(15)25(34)36-3)33-14-32-23-20(31-10-9-26(28,29)30)12-17(13-21(23)33)37-22-6-4-5-19(27)24(22)35-2;1-11-7-13(3-4-14(11)18(27)28-2)26-10-25-17-15(8-12(20)9-16(17)26)24-6-5-19(21,22)23/h4-8,11-14,31H,9-10H2,1-3H3;3-4,7-10,24H,5-6H2,1-2H3. The minimum Gasteiger partial charge on any atom is -0.490 e. The monoisotopic (exact) mass is 972 g/mol. The summed E-state index contributed by atoms with van der Waals surface area (Å²) in [6, 6.07) is 21.1. The molecule has 0 aliphatic heterocycles. The van der Waals surface area contributed by atoms with Gasteiger partial charge in [-0.15, -0.1) is 0 Å². The van der Waals surface area contributed by atoms with E-state index in [9.17, 15) is 40.3 Å². The molecule has 7 rings (SSSR count). The van der Waals surface area contributed by atoms with Crippen LogP contribution in [-0.2, 0) is 9.47 Å². The zero-order valence-corrected chi connectivity index (χ0v) is 36.8. The molecule has 12 nitrogen and oxygen atoms in total. The molecule has 0 unspecified atom stereocenters. The van der Waals surface area contributed by atoms with Gasteiger partial charge in [0, 0.05) is 41.1 Å². The Labute approximate surface area is 375 Å². The normalized spacial score (nSPS) is 11.5. The zero-order valence-electron chi connectivity index (χ0n) is 35.3. The second kappa shape index (κ2) is 19.9. The molecule has 0 aliphatic carbocycles. The molecule has 342 valence electrons. The number of nitrogens with zero attached hydrogens (tertiary/aromatic N) is 4. The minimum absolute atomic E-state index is 0.0902. The van der Waals surface area contributed by atoms with Crippen LogP contribution in [0.15, 0.2) is 96.0 Å². The fraction of sp³-hybridized carbons (Fsp3) is 0.244. The first-order valence-corrected chi connectivity index (χ1v) is 20.3. The summed E-state index contributed by atoms with van der Waals surface area (Å²) in [4.78, 5) is 32.5. The largest absolute Gasteiger partial charge is 0.490 e. The third kappa shape index (κ3) is 11.5. The Morgan fingerprint density at radius 3 is 1.63 bits per heavy atom. The summed E-state index contributed by atoms with van der Waals surface area (Å²) >= 11 is 3.40. The summed E-state index contributed by atoms with van der Waals surface area (Å²) in [6.45, 7) is 2.93. The van der Waals surface area contributed by atoms with Crippen LogP contribution in [0, 0.1) is 19.7 Å². The lowest BCUT2D eigenvalue weighted by molar-refractivity contribution is -0.132. The highest BCUT2D eigenvalue weighted by Crippen LogP contribution is 2.38. The van der Waals surface area contributed by atoms with Gasteiger partial charge in [0.15, 0.2) is 17.3 Å². The maximum atomic E-state index is 14.2. The molecule has 2 heterocycles. The van der Waals surface area contributed by atoms with Crippen LogP contribution in [0.5, 0.6) is 17.2 Å². The van der Waals surface area contributed by atoms with Gasteiger partial charge in [0.25, 0.3) is 0 Å². The Balaban J connectivity index is 0.000000224. The summed E-state index contributed by atoms with van der Waals surface area (Å²) < 4.78 is 115. The van der Waals surface area contributed by atoms with Gasteiger partial charge in [-0.2, -0.15) is 26.3 Å². The molecule has 0 amide bonds. The lowest BCUT2D eigenvalue weighted by Crippen LogP contribution is -2.14. The summed E-state index contributed by atoms with van der Waals surface area (Å²) in [5, 5.41) is 5.58. The highest BCUT2D eigenvalue weighted by Gasteiger charge is 2.28. The molecule has 0 radical (unpaired) electrons. The zero-order chi connectivity index (χ0) is 47.2. The van der Waals surface area contributed by atoms with Crippen LogP contribution >= 0.6 is 15.9 Å². The Bertz CT molecular complexity index is 2860. The molecule has 65 heavy (non-hydrogen) atoms. The van der Waals surface area contributed by atoms with Crippen molar-refractivity contribution in [3.05, 3.63) is 124 Å². The summed E-state index contributed by atoms with van der Waals surface area (Å²) in [5.41, 5.74) is 6.66. The number of aryl methyl sites for hydroxylation is 2. The maximum absolute atomic E-state index is 14.2. The van der Waals surface area contributed by atoms with E-state index in [1.165, 1.54) is 51.9 Å². The van der Waals surface area contributed by atoms with Crippen molar-refractivity contribution in [2.75, 3.05) is 45.1 Å². The van der Waals surface area contributed by atoms with Crippen molar-refractivity contribution in [3.8, 4) is 28.6 Å². The average molecular weight is 974 g/mol. The van der Waals surface area contributed by atoms with E-state index in [1.54, 1.807) is 67.2 Å². The molecule has 0 fully saturated rings. The number of rotatable bonds is 13. The van der Waals surface area contributed by atoms with Gasteiger partial charge < -0.3 is 29.6 Å². The molecule has 2 aromatic heterocycles. The van der Waals surface area contributed by atoms with Crippen LogP contribution in [0.4, 0.5) is 42.1 Å². The summed E-state index contributed by atoms with van der Waals surface area (Å²) in [7, 11) is 3.92. The number of esters is 2. The van der Waals surface area contributed by atoms with Crippen molar-refractivity contribution >= 4 is 61.3 Å². The quantitative estimate of drug-likeness (QED) is 0.0850. The smallest absolute Gasteiger partial charge is 0.390 e. The number of aromatic nitrogens is 4. The predicted octanol–water partition coefficient (Wildman–Crippen LogP) is 11.7. The molecular weight excluding hydrogens is 933 g/mol. The number of ether oxygens (including phenoxy) is 4. The number of fused-ring (bicyclic) bond motifs is 2. The highest BCUT2D eigenvalue weighted by molar-refractivity contribution is 9.10. The van der Waals surface area contributed by atoms with Gasteiger partial charge in [0.1, 0.15) is 29.4 Å². The van der Waals surface area contributed by atoms with E-state index in [0.717, 1.165) is 11.3 Å². The van der Waals surface area contributed by atoms with Crippen LogP contribution in [0.2, 0.25) is 0 Å². The van der Waals surface area contributed by atoms with E-state index in [-0.39, 0.29) is 30.3 Å². The summed E-state index contributed by atoms with van der Waals surface area (Å²) in [6.07, 6.45) is -7.44. The number of alkyl halides is 6. The molecule has 0 saturated heterocycles. The molecule has 0 aliphatic rings. The number of anilines is 2.